The van der Waals surface area contributed by atoms with Crippen molar-refractivity contribution in [2.24, 2.45) is 11.7 Å². The average Bonchev–Trinajstić information content (AvgIpc) is 2.80. The number of rotatable bonds is 3. The van der Waals surface area contributed by atoms with Crippen LogP contribution in [0.25, 0.3) is 0 Å². The lowest BCUT2D eigenvalue weighted by Crippen LogP contribution is -2.41. The number of carbonyl (C=O) groups excluding carboxylic acids is 1. The Morgan fingerprint density at radius 1 is 1.35 bits per heavy atom. The van der Waals surface area contributed by atoms with Crippen molar-refractivity contribution in [2.45, 2.75) is 50.7 Å². The normalized spacial score (nSPS) is 33.6. The van der Waals surface area contributed by atoms with Crippen molar-refractivity contribution >= 4 is 5.91 Å². The van der Waals surface area contributed by atoms with Gasteiger partial charge in [-0.2, -0.15) is 0 Å². The molecule has 2 aliphatic rings. The summed E-state index contributed by atoms with van der Waals surface area (Å²) in [6, 6.07) is 0.217. The molecule has 0 aromatic rings. The van der Waals surface area contributed by atoms with Gasteiger partial charge in [0.1, 0.15) is 0 Å². The first-order chi connectivity index (χ1) is 8.16. The van der Waals surface area contributed by atoms with E-state index in [1.54, 1.807) is 0 Å². The van der Waals surface area contributed by atoms with Gasteiger partial charge >= 0.3 is 0 Å². The minimum absolute atomic E-state index is 0.144. The summed E-state index contributed by atoms with van der Waals surface area (Å²) in [6.45, 7) is 1.59. The zero-order valence-corrected chi connectivity index (χ0v) is 10.7. The van der Waals surface area contributed by atoms with Gasteiger partial charge in [-0.15, -0.1) is 0 Å². The highest BCUT2D eigenvalue weighted by Gasteiger charge is 2.29. The maximum atomic E-state index is 12.2. The summed E-state index contributed by atoms with van der Waals surface area (Å²) in [5, 5.41) is 0. The van der Waals surface area contributed by atoms with E-state index < -0.39 is 0 Å². The first kappa shape index (κ1) is 12.8. The van der Waals surface area contributed by atoms with E-state index in [0.29, 0.717) is 0 Å². The summed E-state index contributed by atoms with van der Waals surface area (Å²) < 4.78 is 5.56. The quantitative estimate of drug-likeness (QED) is 0.805. The van der Waals surface area contributed by atoms with E-state index in [4.69, 9.17) is 10.5 Å². The molecule has 2 fully saturated rings. The molecule has 1 amide bonds. The van der Waals surface area contributed by atoms with E-state index in [1.165, 1.54) is 0 Å². The summed E-state index contributed by atoms with van der Waals surface area (Å²) in [4.78, 5) is 14.1. The number of nitrogens with two attached hydrogens (primary N) is 1. The summed E-state index contributed by atoms with van der Waals surface area (Å²) in [5.74, 6) is 0.404. The molecule has 17 heavy (non-hydrogen) atoms. The molecule has 1 heterocycles. The number of carbonyl (C=O) groups is 1. The van der Waals surface area contributed by atoms with Gasteiger partial charge in [0.25, 0.3) is 0 Å². The van der Waals surface area contributed by atoms with E-state index in [1.807, 2.05) is 11.9 Å². The lowest BCUT2D eigenvalue weighted by Gasteiger charge is -2.30. The molecule has 3 unspecified atom stereocenters. The van der Waals surface area contributed by atoms with Crippen molar-refractivity contribution in [3.8, 4) is 0 Å². The Balaban J connectivity index is 1.81. The number of amides is 1. The summed E-state index contributed by atoms with van der Waals surface area (Å²) in [6.07, 6.45) is 6.48. The Labute approximate surface area is 103 Å². The van der Waals surface area contributed by atoms with Gasteiger partial charge in [-0.1, -0.05) is 6.42 Å². The van der Waals surface area contributed by atoms with Crippen molar-refractivity contribution in [3.63, 3.8) is 0 Å². The average molecular weight is 240 g/mol. The molecule has 0 radical (unpaired) electrons. The molecule has 2 N–H and O–H groups in total. The second kappa shape index (κ2) is 5.83. The van der Waals surface area contributed by atoms with Gasteiger partial charge in [-0.25, -0.2) is 0 Å². The molecule has 1 aliphatic carbocycles. The lowest BCUT2D eigenvalue weighted by atomic mass is 9.85. The molecule has 0 spiro atoms. The Hall–Kier alpha value is -0.610. The van der Waals surface area contributed by atoms with Gasteiger partial charge in [0.15, 0.2) is 0 Å². The van der Waals surface area contributed by atoms with Crippen LogP contribution < -0.4 is 5.73 Å². The van der Waals surface area contributed by atoms with Crippen LogP contribution in [0.4, 0.5) is 0 Å². The number of hydrogen-bond donors (Lipinski definition) is 1. The predicted molar refractivity (Wildman–Crippen MR) is 66.5 cm³/mol. The molecule has 1 aliphatic heterocycles. The van der Waals surface area contributed by atoms with Crippen LogP contribution in [0.5, 0.6) is 0 Å². The second-order valence-electron chi connectivity index (χ2n) is 5.48. The smallest absolute Gasteiger partial charge is 0.225 e. The Morgan fingerprint density at radius 3 is 2.82 bits per heavy atom. The maximum absolute atomic E-state index is 12.2. The highest BCUT2D eigenvalue weighted by Crippen LogP contribution is 2.25. The maximum Gasteiger partial charge on any atom is 0.225 e. The molecule has 98 valence electrons. The summed E-state index contributed by atoms with van der Waals surface area (Å²) in [7, 11) is 1.89. The Morgan fingerprint density at radius 2 is 2.18 bits per heavy atom. The van der Waals surface area contributed by atoms with E-state index in [9.17, 15) is 4.79 Å². The molecule has 0 bridgehead atoms. The van der Waals surface area contributed by atoms with E-state index in [2.05, 4.69) is 0 Å². The minimum atomic E-state index is 0.144. The molecule has 1 saturated carbocycles. The van der Waals surface area contributed by atoms with E-state index in [0.717, 1.165) is 51.7 Å². The van der Waals surface area contributed by atoms with E-state index in [-0.39, 0.29) is 24.0 Å². The largest absolute Gasteiger partial charge is 0.376 e. The fourth-order valence-corrected chi connectivity index (χ4v) is 2.95. The number of nitrogens with zero attached hydrogens (tertiary/aromatic N) is 1. The zero-order valence-electron chi connectivity index (χ0n) is 10.7. The van der Waals surface area contributed by atoms with Crippen LogP contribution in [0.3, 0.4) is 0 Å². The van der Waals surface area contributed by atoms with Gasteiger partial charge in [0.05, 0.1) is 6.10 Å². The molecular formula is C13H24N2O2. The van der Waals surface area contributed by atoms with Gasteiger partial charge < -0.3 is 15.4 Å². The molecule has 0 aromatic heterocycles. The van der Waals surface area contributed by atoms with Crippen molar-refractivity contribution < 1.29 is 9.53 Å². The van der Waals surface area contributed by atoms with Crippen LogP contribution in [0.1, 0.15) is 38.5 Å². The van der Waals surface area contributed by atoms with Crippen molar-refractivity contribution in [1.82, 2.24) is 4.90 Å². The van der Waals surface area contributed by atoms with Gasteiger partial charge in [0.2, 0.25) is 5.91 Å². The molecule has 0 aromatic carbocycles. The third-order valence-corrected chi connectivity index (χ3v) is 3.94. The van der Waals surface area contributed by atoms with E-state index >= 15 is 0 Å². The van der Waals surface area contributed by atoms with Crippen molar-refractivity contribution in [1.29, 1.82) is 0 Å². The fraction of sp³-hybridized carbons (Fsp3) is 0.923. The highest BCUT2D eigenvalue weighted by molar-refractivity contribution is 5.78. The molecule has 4 nitrogen and oxygen atoms in total. The van der Waals surface area contributed by atoms with Crippen molar-refractivity contribution in [2.75, 3.05) is 20.2 Å². The summed E-state index contributed by atoms with van der Waals surface area (Å²) in [5.41, 5.74) is 5.93. The minimum Gasteiger partial charge on any atom is -0.376 e. The number of ether oxygens (including phenoxy) is 1. The number of hydrogen-bond acceptors (Lipinski definition) is 3. The highest BCUT2D eigenvalue weighted by atomic mass is 16.5. The summed E-state index contributed by atoms with van der Waals surface area (Å²) >= 11 is 0. The number of likely N-dealkylation sites (N-methyl/N-ethyl adjacent to an activating group) is 1. The van der Waals surface area contributed by atoms with Crippen LogP contribution in [0, 0.1) is 5.92 Å². The molecule has 3 atom stereocenters. The van der Waals surface area contributed by atoms with Crippen LogP contribution in [0.15, 0.2) is 0 Å². The topological polar surface area (TPSA) is 55.6 Å². The lowest BCUT2D eigenvalue weighted by molar-refractivity contribution is -0.136. The third-order valence-electron chi connectivity index (χ3n) is 3.94. The van der Waals surface area contributed by atoms with Gasteiger partial charge in [-0.3, -0.25) is 4.79 Å². The van der Waals surface area contributed by atoms with Gasteiger partial charge in [-0.05, 0) is 32.1 Å². The fourth-order valence-electron chi connectivity index (χ4n) is 2.95. The first-order valence-corrected chi connectivity index (χ1v) is 6.79. The third kappa shape index (κ3) is 3.42. The van der Waals surface area contributed by atoms with Crippen LogP contribution in [-0.2, 0) is 9.53 Å². The molecular weight excluding hydrogens is 216 g/mol. The van der Waals surface area contributed by atoms with Crippen molar-refractivity contribution in [3.05, 3.63) is 0 Å². The monoisotopic (exact) mass is 240 g/mol. The zero-order chi connectivity index (χ0) is 12.3. The molecule has 1 saturated heterocycles. The Kier molecular flexibility index (Phi) is 4.40. The second-order valence-corrected chi connectivity index (χ2v) is 5.48. The molecule has 2 rings (SSSR count). The standard InChI is InChI=1S/C13H24N2O2/c1-15(9-12-6-3-7-17-12)13(16)10-4-2-5-11(14)8-10/h10-12H,2-9,14H2,1H3. The molecule has 4 heteroatoms. The SMILES string of the molecule is CN(CC1CCCO1)C(=O)C1CCCC(N)C1. The predicted octanol–water partition coefficient (Wildman–Crippen LogP) is 1.14. The van der Waals surface area contributed by atoms with Gasteiger partial charge in [0, 0.05) is 32.2 Å². The first-order valence-electron chi connectivity index (χ1n) is 6.79. The van der Waals surface area contributed by atoms with Crippen LogP contribution in [-0.4, -0.2) is 43.2 Å². The van der Waals surface area contributed by atoms with Crippen LogP contribution >= 0.6 is 0 Å². The Bertz CT molecular complexity index is 264. The van der Waals surface area contributed by atoms with Crippen LogP contribution in [0.2, 0.25) is 0 Å².